The van der Waals surface area contributed by atoms with E-state index >= 15 is 0 Å². The van der Waals surface area contributed by atoms with E-state index in [0.717, 1.165) is 5.56 Å². The van der Waals surface area contributed by atoms with Crippen molar-refractivity contribution >= 4 is 15.8 Å². The fraction of sp³-hybridized carbons (Fsp3) is 0.278. The van der Waals surface area contributed by atoms with Crippen molar-refractivity contribution < 1.29 is 17.4 Å². The number of oxime groups is 1. The highest BCUT2D eigenvalue weighted by atomic mass is 32.2. The predicted molar refractivity (Wildman–Crippen MR) is 93.8 cm³/mol. The van der Waals surface area contributed by atoms with Crippen LogP contribution in [-0.4, -0.2) is 21.2 Å². The van der Waals surface area contributed by atoms with Gasteiger partial charge in [-0.1, -0.05) is 49.3 Å². The smallest absolute Gasteiger partial charge is 0.358 e. The Bertz CT molecular complexity index is 810. The number of benzene rings is 2. The molecule has 0 N–H and O–H groups in total. The van der Waals surface area contributed by atoms with Gasteiger partial charge in [-0.05, 0) is 36.8 Å². The van der Waals surface area contributed by atoms with Gasteiger partial charge < -0.3 is 4.74 Å². The van der Waals surface area contributed by atoms with E-state index in [4.69, 9.17) is 9.02 Å². The predicted octanol–water partition coefficient (Wildman–Crippen LogP) is 3.75. The van der Waals surface area contributed by atoms with E-state index in [2.05, 4.69) is 5.16 Å². The fourth-order valence-corrected chi connectivity index (χ4v) is 2.83. The average molecular weight is 347 g/mol. The summed E-state index contributed by atoms with van der Waals surface area (Å²) in [4.78, 5) is 0.0253. The van der Waals surface area contributed by atoms with Gasteiger partial charge in [0.25, 0.3) is 0 Å². The van der Waals surface area contributed by atoms with Crippen molar-refractivity contribution in [3.63, 3.8) is 0 Å². The summed E-state index contributed by atoms with van der Waals surface area (Å²) in [5.74, 6) is 0.568. The molecule has 0 aliphatic carbocycles. The zero-order chi connectivity index (χ0) is 17.8. The Morgan fingerprint density at radius 3 is 2.12 bits per heavy atom. The lowest BCUT2D eigenvalue weighted by Crippen LogP contribution is -2.27. The highest BCUT2D eigenvalue weighted by Gasteiger charge is 2.26. The molecule has 0 heterocycles. The lowest BCUT2D eigenvalue weighted by molar-refractivity contribution is 0.334. The van der Waals surface area contributed by atoms with Crippen LogP contribution in [0.1, 0.15) is 26.3 Å². The number of hydrogen-bond donors (Lipinski definition) is 0. The minimum atomic E-state index is -3.97. The van der Waals surface area contributed by atoms with Crippen LogP contribution in [0.15, 0.2) is 64.6 Å². The standard InChI is InChI=1S/C18H21NO4S/c1-14(18(2,3)15-8-6-5-7-9-15)19-23-24(20,21)17-12-10-16(22-4)11-13-17/h5-13H,1-4H3/b19-14+. The fourth-order valence-electron chi connectivity index (χ4n) is 2.07. The van der Waals surface area contributed by atoms with Crippen molar-refractivity contribution in [2.24, 2.45) is 5.16 Å². The zero-order valence-electron chi connectivity index (χ0n) is 14.2. The second kappa shape index (κ2) is 7.05. The van der Waals surface area contributed by atoms with Gasteiger partial charge in [0, 0.05) is 5.41 Å². The minimum absolute atomic E-state index is 0.0253. The summed E-state index contributed by atoms with van der Waals surface area (Å²) in [6.45, 7) is 5.67. The molecule has 0 fully saturated rings. The van der Waals surface area contributed by atoms with Crippen molar-refractivity contribution in [3.05, 3.63) is 60.2 Å². The first kappa shape index (κ1) is 18.0. The highest BCUT2D eigenvalue weighted by Crippen LogP contribution is 2.25. The van der Waals surface area contributed by atoms with Gasteiger partial charge in [0.05, 0.1) is 12.8 Å². The van der Waals surface area contributed by atoms with E-state index in [1.165, 1.54) is 19.2 Å². The van der Waals surface area contributed by atoms with Crippen LogP contribution in [0.25, 0.3) is 0 Å². The lowest BCUT2D eigenvalue weighted by Gasteiger charge is -2.24. The number of methoxy groups -OCH3 is 1. The third-order valence-corrected chi connectivity index (χ3v) is 5.14. The van der Waals surface area contributed by atoms with E-state index in [-0.39, 0.29) is 4.90 Å². The highest BCUT2D eigenvalue weighted by molar-refractivity contribution is 7.86. The maximum atomic E-state index is 12.2. The molecule has 0 amide bonds. The van der Waals surface area contributed by atoms with Gasteiger partial charge >= 0.3 is 10.1 Å². The molecule has 0 saturated heterocycles. The molecule has 0 unspecified atom stereocenters. The Morgan fingerprint density at radius 2 is 1.58 bits per heavy atom. The first-order chi connectivity index (χ1) is 11.3. The van der Waals surface area contributed by atoms with Gasteiger partial charge in [0.15, 0.2) is 0 Å². The molecule has 24 heavy (non-hydrogen) atoms. The molecule has 2 aromatic carbocycles. The number of rotatable bonds is 6. The number of nitrogens with zero attached hydrogens (tertiary/aromatic N) is 1. The molecule has 0 atom stereocenters. The second-order valence-electron chi connectivity index (χ2n) is 5.87. The Hall–Kier alpha value is -2.34. The summed E-state index contributed by atoms with van der Waals surface area (Å²) in [5.41, 5.74) is 1.14. The summed E-state index contributed by atoms with van der Waals surface area (Å²) >= 11 is 0. The van der Waals surface area contributed by atoms with Crippen LogP contribution < -0.4 is 4.74 Å². The Balaban J connectivity index is 2.21. The number of ether oxygens (including phenoxy) is 1. The Kier molecular flexibility index (Phi) is 5.29. The largest absolute Gasteiger partial charge is 0.497 e. The van der Waals surface area contributed by atoms with Crippen molar-refractivity contribution in [2.75, 3.05) is 7.11 Å². The van der Waals surface area contributed by atoms with Crippen LogP contribution in [0.5, 0.6) is 5.75 Å². The SMILES string of the molecule is COc1ccc(S(=O)(=O)O/N=C(\C)C(C)(C)c2ccccc2)cc1. The Labute approximate surface area is 143 Å². The first-order valence-corrected chi connectivity index (χ1v) is 8.86. The molecule has 0 aliphatic heterocycles. The third kappa shape index (κ3) is 3.94. The normalized spacial score (nSPS) is 12.8. The molecule has 128 valence electrons. The monoisotopic (exact) mass is 347 g/mol. The molecule has 6 heteroatoms. The molecule has 5 nitrogen and oxygen atoms in total. The summed E-state index contributed by atoms with van der Waals surface area (Å²) in [5, 5.41) is 3.86. The Morgan fingerprint density at radius 1 is 1.00 bits per heavy atom. The summed E-state index contributed by atoms with van der Waals surface area (Å²) in [7, 11) is -2.45. The van der Waals surface area contributed by atoms with Crippen LogP contribution in [0.2, 0.25) is 0 Å². The molecule has 2 rings (SSSR count). The van der Waals surface area contributed by atoms with Gasteiger partial charge in [-0.15, -0.1) is 0 Å². The van der Waals surface area contributed by atoms with Crippen LogP contribution in [0.4, 0.5) is 0 Å². The van der Waals surface area contributed by atoms with E-state index in [1.807, 2.05) is 44.2 Å². The maximum Gasteiger partial charge on any atom is 0.358 e. The van der Waals surface area contributed by atoms with Crippen LogP contribution in [0, 0.1) is 0 Å². The topological polar surface area (TPSA) is 65.0 Å². The van der Waals surface area contributed by atoms with Crippen molar-refractivity contribution in [2.45, 2.75) is 31.1 Å². The van der Waals surface area contributed by atoms with Gasteiger partial charge in [-0.25, -0.2) is 0 Å². The van der Waals surface area contributed by atoms with Gasteiger partial charge in [0.2, 0.25) is 0 Å². The van der Waals surface area contributed by atoms with Crippen LogP contribution in [-0.2, 0) is 19.8 Å². The van der Waals surface area contributed by atoms with Gasteiger partial charge in [0.1, 0.15) is 10.6 Å². The molecule has 0 radical (unpaired) electrons. The summed E-state index contributed by atoms with van der Waals surface area (Å²) in [6, 6.07) is 15.7. The second-order valence-corrected chi connectivity index (χ2v) is 7.40. The van der Waals surface area contributed by atoms with Crippen LogP contribution >= 0.6 is 0 Å². The summed E-state index contributed by atoms with van der Waals surface area (Å²) in [6.07, 6.45) is 0. The average Bonchev–Trinajstić information content (AvgIpc) is 2.60. The maximum absolute atomic E-state index is 12.2. The molecule has 2 aromatic rings. The molecule has 0 bridgehead atoms. The third-order valence-electron chi connectivity index (χ3n) is 4.02. The van der Waals surface area contributed by atoms with E-state index < -0.39 is 15.5 Å². The minimum Gasteiger partial charge on any atom is -0.497 e. The summed E-state index contributed by atoms with van der Waals surface area (Å²) < 4.78 is 34.3. The van der Waals surface area contributed by atoms with E-state index in [0.29, 0.717) is 11.5 Å². The van der Waals surface area contributed by atoms with Gasteiger partial charge in [-0.3, -0.25) is 4.28 Å². The molecule has 0 aromatic heterocycles. The molecule has 0 spiro atoms. The zero-order valence-corrected chi connectivity index (χ0v) is 15.0. The number of hydrogen-bond acceptors (Lipinski definition) is 5. The van der Waals surface area contributed by atoms with E-state index in [1.54, 1.807) is 19.1 Å². The quantitative estimate of drug-likeness (QED) is 0.589. The molecule has 0 saturated carbocycles. The molecular weight excluding hydrogens is 326 g/mol. The van der Waals surface area contributed by atoms with Crippen molar-refractivity contribution in [1.82, 2.24) is 0 Å². The first-order valence-electron chi connectivity index (χ1n) is 7.45. The lowest BCUT2D eigenvalue weighted by atomic mass is 9.81. The van der Waals surface area contributed by atoms with Crippen molar-refractivity contribution in [3.8, 4) is 5.75 Å². The van der Waals surface area contributed by atoms with Crippen molar-refractivity contribution in [1.29, 1.82) is 0 Å². The van der Waals surface area contributed by atoms with Gasteiger partial charge in [-0.2, -0.15) is 8.42 Å². The molecular formula is C18H21NO4S. The van der Waals surface area contributed by atoms with E-state index in [9.17, 15) is 8.42 Å². The van der Waals surface area contributed by atoms with Crippen LogP contribution in [0.3, 0.4) is 0 Å². The molecule has 0 aliphatic rings.